The van der Waals surface area contributed by atoms with Crippen LogP contribution in [0, 0.1) is 0 Å². The average molecular weight is 315 g/mol. The van der Waals surface area contributed by atoms with Gasteiger partial charge < -0.3 is 0 Å². The summed E-state index contributed by atoms with van der Waals surface area (Å²) in [7, 11) is -3.08. The van der Waals surface area contributed by atoms with Crippen molar-refractivity contribution in [2.24, 2.45) is 0 Å². The number of carbonyl (C=O) groups excluding carboxylic acids is 1. The predicted molar refractivity (Wildman–Crippen MR) is 97.8 cm³/mol. The molecule has 0 bridgehead atoms. The first kappa shape index (κ1) is 16.2. The number of allylic oxidation sites excluding steroid dienone is 4. The molecule has 1 nitrogen and oxygen atoms in total. The van der Waals surface area contributed by atoms with Crippen LogP contribution in [0.3, 0.4) is 0 Å². The van der Waals surface area contributed by atoms with Gasteiger partial charge in [-0.2, -0.15) is 0 Å². The van der Waals surface area contributed by atoms with Gasteiger partial charge >= 0.3 is 0 Å². The number of carbonyl (C=O) groups is 1. The number of hydrogen-bond acceptors (Lipinski definition) is 1. The SMILES string of the molecule is C/C(=C1/C(=O)C([Si](C)(C)C)=C1[Si](C)(C)C)c1ccccc1. The maximum Gasteiger partial charge on any atom is 0.185 e. The van der Waals surface area contributed by atoms with E-state index in [9.17, 15) is 4.79 Å². The van der Waals surface area contributed by atoms with Crippen LogP contribution in [-0.2, 0) is 4.79 Å². The summed E-state index contributed by atoms with van der Waals surface area (Å²) in [6.45, 7) is 16.0. The molecule has 0 aliphatic heterocycles. The minimum absolute atomic E-state index is 0.327. The Kier molecular flexibility index (Phi) is 4.02. The maximum atomic E-state index is 12.8. The van der Waals surface area contributed by atoms with Gasteiger partial charge in [-0.25, -0.2) is 0 Å². The van der Waals surface area contributed by atoms with Crippen molar-refractivity contribution in [3.63, 3.8) is 0 Å². The standard InChI is InChI=1S/C18H26OSi2/c1-13(14-11-9-8-10-12-14)15-16(19)18(21(5,6)7)17(15)20(2,3)4/h8-12H,1-7H3/b15-13+. The monoisotopic (exact) mass is 314 g/mol. The average Bonchev–Trinajstić information content (AvgIpc) is 2.33. The predicted octanol–water partition coefficient (Wildman–Crippen LogP) is 5.09. The van der Waals surface area contributed by atoms with E-state index >= 15 is 0 Å². The molecule has 0 saturated carbocycles. The quantitative estimate of drug-likeness (QED) is 0.561. The molecule has 0 unspecified atom stereocenters. The van der Waals surface area contributed by atoms with Crippen molar-refractivity contribution < 1.29 is 4.79 Å². The van der Waals surface area contributed by atoms with Crippen molar-refractivity contribution in [2.75, 3.05) is 0 Å². The van der Waals surface area contributed by atoms with Crippen LogP contribution in [0.4, 0.5) is 0 Å². The highest BCUT2D eigenvalue weighted by Gasteiger charge is 2.46. The Bertz CT molecular complexity index is 638. The fraction of sp³-hybridized carbons (Fsp3) is 0.389. The molecule has 0 heterocycles. The first-order chi connectivity index (χ1) is 9.55. The normalized spacial score (nSPS) is 18.7. The molecule has 1 aromatic rings. The molecule has 112 valence electrons. The fourth-order valence-corrected chi connectivity index (χ4v) is 8.92. The Balaban J connectivity index is 2.68. The van der Waals surface area contributed by atoms with Crippen LogP contribution >= 0.6 is 0 Å². The molecule has 0 amide bonds. The van der Waals surface area contributed by atoms with Crippen molar-refractivity contribution in [3.8, 4) is 0 Å². The van der Waals surface area contributed by atoms with Crippen LogP contribution < -0.4 is 0 Å². The molecular weight excluding hydrogens is 288 g/mol. The maximum absolute atomic E-state index is 12.8. The minimum Gasteiger partial charge on any atom is -0.289 e. The Morgan fingerprint density at radius 1 is 0.810 bits per heavy atom. The summed E-state index contributed by atoms with van der Waals surface area (Å²) in [5.74, 6) is 0.327. The molecular formula is C18H26OSi2. The van der Waals surface area contributed by atoms with Crippen molar-refractivity contribution >= 4 is 27.5 Å². The summed E-state index contributed by atoms with van der Waals surface area (Å²) in [6.07, 6.45) is 0. The highest BCUT2D eigenvalue weighted by atomic mass is 28.3. The second-order valence-electron chi connectivity index (χ2n) is 7.95. The Hall–Kier alpha value is -1.20. The van der Waals surface area contributed by atoms with Crippen molar-refractivity contribution in [3.05, 3.63) is 51.9 Å². The van der Waals surface area contributed by atoms with Crippen LogP contribution in [0.2, 0.25) is 39.3 Å². The highest BCUT2D eigenvalue weighted by Crippen LogP contribution is 2.44. The van der Waals surface area contributed by atoms with Crippen molar-refractivity contribution in [1.29, 1.82) is 0 Å². The van der Waals surface area contributed by atoms with Crippen LogP contribution in [-0.4, -0.2) is 21.9 Å². The molecule has 0 saturated heterocycles. The zero-order valence-electron chi connectivity index (χ0n) is 14.3. The molecule has 1 aromatic carbocycles. The summed E-state index contributed by atoms with van der Waals surface area (Å²) >= 11 is 0. The smallest absolute Gasteiger partial charge is 0.185 e. The van der Waals surface area contributed by atoms with E-state index in [-0.39, 0.29) is 0 Å². The molecule has 0 atom stereocenters. The molecule has 0 fully saturated rings. The fourth-order valence-electron chi connectivity index (χ4n) is 3.07. The van der Waals surface area contributed by atoms with Gasteiger partial charge in [-0.1, -0.05) is 69.6 Å². The molecule has 21 heavy (non-hydrogen) atoms. The van der Waals surface area contributed by atoms with Crippen LogP contribution in [0.15, 0.2) is 46.3 Å². The molecule has 0 spiro atoms. The topological polar surface area (TPSA) is 17.1 Å². The number of hydrogen-bond donors (Lipinski definition) is 0. The molecule has 0 aromatic heterocycles. The van der Waals surface area contributed by atoms with E-state index in [1.807, 2.05) is 18.2 Å². The van der Waals surface area contributed by atoms with Gasteiger partial charge in [0, 0.05) is 5.57 Å². The zero-order chi connectivity index (χ0) is 16.0. The van der Waals surface area contributed by atoms with E-state index in [2.05, 4.69) is 58.3 Å². The van der Waals surface area contributed by atoms with E-state index < -0.39 is 16.1 Å². The summed E-state index contributed by atoms with van der Waals surface area (Å²) in [5, 5.41) is 2.64. The van der Waals surface area contributed by atoms with Gasteiger partial charge in [-0.05, 0) is 28.5 Å². The lowest BCUT2D eigenvalue weighted by Crippen LogP contribution is -2.46. The third-order valence-electron chi connectivity index (χ3n) is 4.04. The van der Waals surface area contributed by atoms with Gasteiger partial charge in [0.2, 0.25) is 0 Å². The van der Waals surface area contributed by atoms with Crippen molar-refractivity contribution in [1.82, 2.24) is 0 Å². The van der Waals surface area contributed by atoms with Gasteiger partial charge in [-0.3, -0.25) is 4.79 Å². The highest BCUT2D eigenvalue weighted by molar-refractivity contribution is 6.96. The van der Waals surface area contributed by atoms with Crippen molar-refractivity contribution in [2.45, 2.75) is 46.2 Å². The largest absolute Gasteiger partial charge is 0.289 e. The Morgan fingerprint density at radius 2 is 1.29 bits per heavy atom. The minimum atomic E-state index is -1.57. The lowest BCUT2D eigenvalue weighted by atomic mass is 9.91. The van der Waals surface area contributed by atoms with Gasteiger partial charge in [0.05, 0.1) is 16.1 Å². The molecule has 3 heteroatoms. The van der Waals surface area contributed by atoms with Crippen LogP contribution in [0.5, 0.6) is 0 Å². The number of Topliss-reactive ketones (excluding diaryl/α,β-unsaturated/α-hetero) is 1. The first-order valence-electron chi connectivity index (χ1n) is 7.61. The molecule has 1 aliphatic rings. The second-order valence-corrected chi connectivity index (χ2v) is 17.9. The number of rotatable bonds is 3. The molecule has 0 N–H and O–H groups in total. The third-order valence-corrected chi connectivity index (χ3v) is 8.26. The third kappa shape index (κ3) is 2.90. The van der Waals surface area contributed by atoms with E-state index in [0.29, 0.717) is 5.78 Å². The van der Waals surface area contributed by atoms with Gasteiger partial charge in [0.25, 0.3) is 0 Å². The van der Waals surface area contributed by atoms with E-state index in [1.54, 1.807) is 0 Å². The summed E-state index contributed by atoms with van der Waals surface area (Å²) < 4.78 is 0. The Labute approximate surface area is 130 Å². The molecule has 0 radical (unpaired) electrons. The van der Waals surface area contributed by atoms with Gasteiger partial charge in [0.15, 0.2) is 5.78 Å². The lowest BCUT2D eigenvalue weighted by molar-refractivity contribution is -0.112. The zero-order valence-corrected chi connectivity index (χ0v) is 16.3. The summed E-state index contributed by atoms with van der Waals surface area (Å²) in [5.41, 5.74) is 3.35. The van der Waals surface area contributed by atoms with Gasteiger partial charge in [0.1, 0.15) is 0 Å². The van der Waals surface area contributed by atoms with E-state index in [0.717, 1.165) is 11.1 Å². The number of ketones is 1. The summed E-state index contributed by atoms with van der Waals surface area (Å²) in [4.78, 5) is 12.8. The first-order valence-corrected chi connectivity index (χ1v) is 14.6. The Morgan fingerprint density at radius 3 is 1.71 bits per heavy atom. The molecule has 1 aliphatic carbocycles. The van der Waals surface area contributed by atoms with Gasteiger partial charge in [-0.15, -0.1) is 0 Å². The van der Waals surface area contributed by atoms with Crippen LogP contribution in [0.1, 0.15) is 12.5 Å². The van der Waals surface area contributed by atoms with E-state index in [1.165, 1.54) is 16.0 Å². The summed E-state index contributed by atoms with van der Waals surface area (Å²) in [6, 6.07) is 10.3. The lowest BCUT2D eigenvalue weighted by Gasteiger charge is -2.40. The van der Waals surface area contributed by atoms with E-state index in [4.69, 9.17) is 0 Å². The number of benzene rings is 1. The second kappa shape index (κ2) is 5.22. The van der Waals surface area contributed by atoms with Crippen LogP contribution in [0.25, 0.3) is 5.57 Å². The molecule has 2 rings (SSSR count).